The van der Waals surface area contributed by atoms with Crippen molar-refractivity contribution in [3.8, 4) is 11.3 Å². The Hall–Kier alpha value is -3.93. The van der Waals surface area contributed by atoms with Crippen LogP contribution in [0.3, 0.4) is 0 Å². The molecule has 6 heteroatoms. The lowest BCUT2D eigenvalue weighted by atomic mass is 10.1. The Balaban J connectivity index is 1.45. The predicted molar refractivity (Wildman–Crippen MR) is 112 cm³/mol. The fourth-order valence-corrected chi connectivity index (χ4v) is 2.91. The van der Waals surface area contributed by atoms with E-state index in [-0.39, 0.29) is 5.91 Å². The Morgan fingerprint density at radius 3 is 2.66 bits per heavy atom. The van der Waals surface area contributed by atoms with Crippen molar-refractivity contribution in [1.29, 1.82) is 0 Å². The van der Waals surface area contributed by atoms with Gasteiger partial charge < -0.3 is 15.1 Å². The van der Waals surface area contributed by atoms with Gasteiger partial charge in [-0.1, -0.05) is 36.4 Å². The number of hydrogen-bond acceptors (Lipinski definition) is 5. The van der Waals surface area contributed by atoms with Gasteiger partial charge in [-0.3, -0.25) is 4.79 Å². The number of hydrogen-bond donors (Lipinski definition) is 2. The average molecular weight is 384 g/mol. The average Bonchev–Trinajstić information content (AvgIpc) is 3.18. The third-order valence-electron chi connectivity index (χ3n) is 4.33. The molecule has 0 bridgehead atoms. The van der Waals surface area contributed by atoms with E-state index in [9.17, 15) is 4.79 Å². The van der Waals surface area contributed by atoms with E-state index in [0.717, 1.165) is 28.5 Å². The summed E-state index contributed by atoms with van der Waals surface area (Å²) in [5.74, 6) is 1.83. The Morgan fingerprint density at radius 2 is 1.86 bits per heavy atom. The SMILES string of the molecule is Cc1ccc(CNC(=O)c2cccc(Nc3nccc(-c4ccccc4)n3)c2)o1. The maximum Gasteiger partial charge on any atom is 0.251 e. The molecule has 6 nitrogen and oxygen atoms in total. The maximum absolute atomic E-state index is 12.5. The lowest BCUT2D eigenvalue weighted by molar-refractivity contribution is 0.0948. The minimum atomic E-state index is -0.179. The molecule has 0 aliphatic carbocycles. The smallest absolute Gasteiger partial charge is 0.251 e. The molecule has 2 aromatic heterocycles. The molecule has 2 N–H and O–H groups in total. The van der Waals surface area contributed by atoms with Crippen LogP contribution < -0.4 is 10.6 Å². The number of aryl methyl sites for hydroxylation is 1. The van der Waals surface area contributed by atoms with Crippen LogP contribution in [0.1, 0.15) is 21.9 Å². The molecule has 0 radical (unpaired) electrons. The molecule has 0 unspecified atom stereocenters. The Bertz CT molecular complexity index is 1120. The standard InChI is InChI=1S/C23H20N4O2/c1-16-10-11-20(29-16)15-25-22(28)18-8-5-9-19(14-18)26-23-24-13-12-21(27-23)17-6-3-2-4-7-17/h2-14H,15H2,1H3,(H,25,28)(H,24,26,27). The van der Waals surface area contributed by atoms with E-state index in [1.165, 1.54) is 0 Å². The largest absolute Gasteiger partial charge is 0.465 e. The fraction of sp³-hybridized carbons (Fsp3) is 0.0870. The number of amides is 1. The van der Waals surface area contributed by atoms with Crippen molar-refractivity contribution >= 4 is 17.5 Å². The van der Waals surface area contributed by atoms with Crippen LogP contribution in [0, 0.1) is 6.92 Å². The van der Waals surface area contributed by atoms with Crippen molar-refractivity contribution in [3.05, 3.63) is 96.1 Å². The zero-order valence-electron chi connectivity index (χ0n) is 15.9. The van der Waals surface area contributed by atoms with Crippen molar-refractivity contribution in [1.82, 2.24) is 15.3 Å². The first kappa shape index (κ1) is 18.4. The van der Waals surface area contributed by atoms with E-state index in [4.69, 9.17) is 4.42 Å². The van der Waals surface area contributed by atoms with Crippen molar-refractivity contribution in [2.75, 3.05) is 5.32 Å². The summed E-state index contributed by atoms with van der Waals surface area (Å²) < 4.78 is 5.48. The van der Waals surface area contributed by atoms with Crippen LogP contribution in [0.5, 0.6) is 0 Å². The topological polar surface area (TPSA) is 80.0 Å². The van der Waals surface area contributed by atoms with E-state index < -0.39 is 0 Å². The van der Waals surface area contributed by atoms with Gasteiger partial charge in [0.1, 0.15) is 11.5 Å². The van der Waals surface area contributed by atoms with Gasteiger partial charge in [-0.05, 0) is 43.3 Å². The van der Waals surface area contributed by atoms with Gasteiger partial charge in [0.2, 0.25) is 5.95 Å². The molecule has 0 aliphatic heterocycles. The number of nitrogens with one attached hydrogen (secondary N) is 2. The highest BCUT2D eigenvalue weighted by Gasteiger charge is 2.09. The highest BCUT2D eigenvalue weighted by atomic mass is 16.3. The monoisotopic (exact) mass is 384 g/mol. The van der Waals surface area contributed by atoms with Gasteiger partial charge in [-0.15, -0.1) is 0 Å². The van der Waals surface area contributed by atoms with Gasteiger partial charge >= 0.3 is 0 Å². The molecule has 144 valence electrons. The summed E-state index contributed by atoms with van der Waals surface area (Å²) in [6, 6.07) is 22.7. The molecule has 0 saturated carbocycles. The normalized spacial score (nSPS) is 10.5. The second-order valence-corrected chi connectivity index (χ2v) is 6.53. The summed E-state index contributed by atoms with van der Waals surface area (Å²) in [6.07, 6.45) is 1.71. The second kappa shape index (κ2) is 8.39. The molecule has 1 amide bonds. The zero-order valence-corrected chi connectivity index (χ0v) is 15.9. The van der Waals surface area contributed by atoms with Crippen LogP contribution in [0.2, 0.25) is 0 Å². The first-order valence-corrected chi connectivity index (χ1v) is 9.26. The molecule has 0 saturated heterocycles. The Kier molecular flexibility index (Phi) is 5.33. The fourth-order valence-electron chi connectivity index (χ4n) is 2.91. The summed E-state index contributed by atoms with van der Waals surface area (Å²) in [4.78, 5) is 21.3. The van der Waals surface area contributed by atoms with Crippen LogP contribution in [0.15, 0.2) is 83.4 Å². The van der Waals surface area contributed by atoms with E-state index in [0.29, 0.717) is 18.1 Å². The van der Waals surface area contributed by atoms with Gasteiger partial charge in [0.25, 0.3) is 5.91 Å². The molecular formula is C23H20N4O2. The van der Waals surface area contributed by atoms with Crippen molar-refractivity contribution in [2.24, 2.45) is 0 Å². The highest BCUT2D eigenvalue weighted by molar-refractivity contribution is 5.95. The van der Waals surface area contributed by atoms with Crippen LogP contribution in [-0.4, -0.2) is 15.9 Å². The van der Waals surface area contributed by atoms with Crippen LogP contribution in [-0.2, 0) is 6.54 Å². The maximum atomic E-state index is 12.5. The quantitative estimate of drug-likeness (QED) is 0.503. The van der Waals surface area contributed by atoms with Crippen LogP contribution in [0.25, 0.3) is 11.3 Å². The molecule has 4 rings (SSSR count). The number of nitrogens with zero attached hydrogens (tertiary/aromatic N) is 2. The second-order valence-electron chi connectivity index (χ2n) is 6.53. The van der Waals surface area contributed by atoms with Crippen LogP contribution >= 0.6 is 0 Å². The highest BCUT2D eigenvalue weighted by Crippen LogP contribution is 2.20. The number of carbonyl (C=O) groups is 1. The zero-order chi connectivity index (χ0) is 20.1. The lowest BCUT2D eigenvalue weighted by Crippen LogP contribution is -2.22. The number of anilines is 2. The molecule has 0 spiro atoms. The molecule has 0 aliphatic rings. The molecule has 0 atom stereocenters. The summed E-state index contributed by atoms with van der Waals surface area (Å²) >= 11 is 0. The lowest BCUT2D eigenvalue weighted by Gasteiger charge is -2.09. The van der Waals surface area contributed by atoms with Gasteiger partial charge in [0, 0.05) is 23.0 Å². The number of carbonyl (C=O) groups excluding carboxylic acids is 1. The Labute approximate surface area is 168 Å². The van der Waals surface area contributed by atoms with Crippen molar-refractivity contribution in [3.63, 3.8) is 0 Å². The molecule has 29 heavy (non-hydrogen) atoms. The van der Waals surface area contributed by atoms with Gasteiger partial charge in [0.15, 0.2) is 0 Å². The third kappa shape index (κ3) is 4.68. The minimum absolute atomic E-state index is 0.179. The number of rotatable bonds is 6. The van der Waals surface area contributed by atoms with Crippen molar-refractivity contribution in [2.45, 2.75) is 13.5 Å². The van der Waals surface area contributed by atoms with E-state index in [2.05, 4.69) is 20.6 Å². The first-order valence-electron chi connectivity index (χ1n) is 9.26. The molecular weight excluding hydrogens is 364 g/mol. The van der Waals surface area contributed by atoms with E-state index >= 15 is 0 Å². The summed E-state index contributed by atoms with van der Waals surface area (Å²) in [6.45, 7) is 2.21. The first-order chi connectivity index (χ1) is 14.2. The number of aromatic nitrogens is 2. The molecule has 0 fully saturated rings. The van der Waals surface area contributed by atoms with Crippen molar-refractivity contribution < 1.29 is 9.21 Å². The Morgan fingerprint density at radius 1 is 1.00 bits per heavy atom. The number of benzene rings is 2. The predicted octanol–water partition coefficient (Wildman–Crippen LogP) is 4.72. The third-order valence-corrected chi connectivity index (χ3v) is 4.33. The molecule has 2 aromatic carbocycles. The van der Waals surface area contributed by atoms with Gasteiger partial charge in [0.05, 0.1) is 12.2 Å². The summed E-state index contributed by atoms with van der Waals surface area (Å²) in [5.41, 5.74) is 3.11. The van der Waals surface area contributed by atoms with E-state index in [1.807, 2.05) is 67.6 Å². The van der Waals surface area contributed by atoms with Gasteiger partial charge in [-0.2, -0.15) is 0 Å². The molecule has 4 aromatic rings. The van der Waals surface area contributed by atoms with Crippen LogP contribution in [0.4, 0.5) is 11.6 Å². The minimum Gasteiger partial charge on any atom is -0.465 e. The van der Waals surface area contributed by atoms with Gasteiger partial charge in [-0.25, -0.2) is 9.97 Å². The molecule has 2 heterocycles. The summed E-state index contributed by atoms with van der Waals surface area (Å²) in [5, 5.41) is 6.02. The summed E-state index contributed by atoms with van der Waals surface area (Å²) in [7, 11) is 0. The number of furan rings is 1. The van der Waals surface area contributed by atoms with E-state index in [1.54, 1.807) is 18.3 Å².